The van der Waals surface area contributed by atoms with Gasteiger partial charge in [0, 0.05) is 12.1 Å². The summed E-state index contributed by atoms with van der Waals surface area (Å²) in [6.07, 6.45) is -1.09. The second-order valence-corrected chi connectivity index (χ2v) is 3.77. The molecule has 0 spiro atoms. The van der Waals surface area contributed by atoms with Crippen LogP contribution in [0.5, 0.6) is 0 Å². The third kappa shape index (κ3) is 3.25. The molecule has 0 radical (unpaired) electrons. The minimum absolute atomic E-state index is 0.0647. The highest BCUT2D eigenvalue weighted by atomic mass is 16.6. The van der Waals surface area contributed by atoms with E-state index in [1.807, 2.05) is 0 Å². The Hall–Kier alpha value is -1.99. The van der Waals surface area contributed by atoms with E-state index in [4.69, 9.17) is 10.2 Å². The molecule has 1 rings (SSSR count). The van der Waals surface area contributed by atoms with Gasteiger partial charge in [0.2, 0.25) is 0 Å². The molecule has 1 amide bonds. The fourth-order valence-corrected chi connectivity index (χ4v) is 1.45. The van der Waals surface area contributed by atoms with E-state index in [-0.39, 0.29) is 17.8 Å². The van der Waals surface area contributed by atoms with Crippen LogP contribution in [-0.2, 0) is 0 Å². The van der Waals surface area contributed by atoms with Crippen molar-refractivity contribution >= 4 is 11.6 Å². The van der Waals surface area contributed by atoms with Gasteiger partial charge in [-0.05, 0) is 13.0 Å². The first-order valence-corrected chi connectivity index (χ1v) is 5.28. The predicted octanol–water partition coefficient (Wildman–Crippen LogP) is -0.0138. The molecule has 0 bridgehead atoms. The number of amides is 1. The largest absolute Gasteiger partial charge is 0.394 e. The zero-order valence-corrected chi connectivity index (χ0v) is 9.79. The lowest BCUT2D eigenvalue weighted by Crippen LogP contribution is -2.34. The van der Waals surface area contributed by atoms with Gasteiger partial charge < -0.3 is 15.5 Å². The number of hydrogen-bond donors (Lipinski definition) is 3. The van der Waals surface area contributed by atoms with E-state index < -0.39 is 23.5 Å². The maximum absolute atomic E-state index is 11.7. The van der Waals surface area contributed by atoms with Crippen molar-refractivity contribution in [1.29, 1.82) is 0 Å². The van der Waals surface area contributed by atoms with Crippen molar-refractivity contribution in [3.8, 4) is 0 Å². The van der Waals surface area contributed by atoms with Crippen LogP contribution in [0.15, 0.2) is 18.2 Å². The molecule has 0 heterocycles. The van der Waals surface area contributed by atoms with Gasteiger partial charge in [0.05, 0.1) is 17.6 Å². The summed E-state index contributed by atoms with van der Waals surface area (Å²) in [4.78, 5) is 22.0. The van der Waals surface area contributed by atoms with Crippen LogP contribution in [0.4, 0.5) is 5.69 Å². The van der Waals surface area contributed by atoms with Crippen LogP contribution < -0.4 is 5.32 Å². The number of carbonyl (C=O) groups is 1. The maximum Gasteiger partial charge on any atom is 0.285 e. The Balaban J connectivity index is 2.92. The molecule has 7 nitrogen and oxygen atoms in total. The number of nitro groups is 1. The normalized spacial score (nSPS) is 11.9. The Labute approximate surface area is 103 Å². The van der Waals surface area contributed by atoms with Crippen molar-refractivity contribution < 1.29 is 19.9 Å². The van der Waals surface area contributed by atoms with E-state index in [0.29, 0.717) is 5.56 Å². The van der Waals surface area contributed by atoms with Crippen LogP contribution in [0.3, 0.4) is 0 Å². The van der Waals surface area contributed by atoms with Gasteiger partial charge in [0.1, 0.15) is 5.56 Å². The van der Waals surface area contributed by atoms with Crippen LogP contribution in [0.25, 0.3) is 0 Å². The zero-order valence-electron chi connectivity index (χ0n) is 9.79. The van der Waals surface area contributed by atoms with E-state index in [1.54, 1.807) is 6.07 Å². The molecule has 3 N–H and O–H groups in total. The van der Waals surface area contributed by atoms with Gasteiger partial charge in [0.25, 0.3) is 11.6 Å². The first-order chi connectivity index (χ1) is 8.47. The molecule has 18 heavy (non-hydrogen) atoms. The summed E-state index contributed by atoms with van der Waals surface area (Å²) in [6.45, 7) is 0.883. The van der Waals surface area contributed by atoms with Gasteiger partial charge >= 0.3 is 0 Å². The highest BCUT2D eigenvalue weighted by Crippen LogP contribution is 2.22. The number of nitrogens with one attached hydrogen (secondary N) is 1. The summed E-state index contributed by atoms with van der Waals surface area (Å²) in [5.41, 5.74) is 0.0639. The fourth-order valence-electron chi connectivity index (χ4n) is 1.45. The Kier molecular flexibility index (Phi) is 4.75. The van der Waals surface area contributed by atoms with Crippen LogP contribution >= 0.6 is 0 Å². The van der Waals surface area contributed by atoms with Crippen LogP contribution in [0.2, 0.25) is 0 Å². The average Bonchev–Trinajstić information content (AvgIpc) is 2.34. The molecule has 7 heteroatoms. The van der Waals surface area contributed by atoms with Gasteiger partial charge in [-0.25, -0.2) is 0 Å². The number of nitrogens with zero attached hydrogens (tertiary/aromatic N) is 1. The summed E-state index contributed by atoms with van der Waals surface area (Å²) in [6, 6.07) is 4.42. The third-order valence-electron chi connectivity index (χ3n) is 2.37. The quantitative estimate of drug-likeness (QED) is 0.505. The van der Waals surface area contributed by atoms with Gasteiger partial charge in [-0.2, -0.15) is 0 Å². The molecular weight excluding hydrogens is 240 g/mol. The van der Waals surface area contributed by atoms with E-state index in [2.05, 4.69) is 5.32 Å². The molecule has 0 aromatic heterocycles. The van der Waals surface area contributed by atoms with Crippen LogP contribution in [0, 0.1) is 17.0 Å². The van der Waals surface area contributed by atoms with Crippen LogP contribution in [0.1, 0.15) is 15.9 Å². The predicted molar refractivity (Wildman–Crippen MR) is 63.3 cm³/mol. The molecule has 0 aliphatic carbocycles. The topological polar surface area (TPSA) is 113 Å². The standard InChI is InChI=1S/C11H14N2O5/c1-7-3-2-4-9(10(7)13(17)18)11(16)12-5-8(15)6-14/h2-4,8,14-15H,5-6H2,1H3,(H,12,16). The van der Waals surface area contributed by atoms with Crippen molar-refractivity contribution in [3.63, 3.8) is 0 Å². The molecule has 1 atom stereocenters. The summed E-state index contributed by atoms with van der Waals surface area (Å²) >= 11 is 0. The third-order valence-corrected chi connectivity index (χ3v) is 2.37. The Morgan fingerprint density at radius 2 is 2.22 bits per heavy atom. The number of hydrogen-bond acceptors (Lipinski definition) is 5. The monoisotopic (exact) mass is 254 g/mol. The molecule has 0 fully saturated rings. The molecule has 1 unspecified atom stereocenters. The van der Waals surface area contributed by atoms with Crippen molar-refractivity contribution in [3.05, 3.63) is 39.4 Å². The Morgan fingerprint density at radius 1 is 1.56 bits per heavy atom. The van der Waals surface area contributed by atoms with Gasteiger partial charge in [0.15, 0.2) is 0 Å². The highest BCUT2D eigenvalue weighted by Gasteiger charge is 2.22. The summed E-state index contributed by atoms with van der Waals surface area (Å²) in [7, 11) is 0. The minimum atomic E-state index is -1.09. The van der Waals surface area contributed by atoms with Crippen LogP contribution in [-0.4, -0.2) is 40.3 Å². The number of benzene rings is 1. The van der Waals surface area contributed by atoms with E-state index >= 15 is 0 Å². The average molecular weight is 254 g/mol. The highest BCUT2D eigenvalue weighted by molar-refractivity contribution is 5.98. The first-order valence-electron chi connectivity index (χ1n) is 5.28. The van der Waals surface area contributed by atoms with Gasteiger partial charge in [-0.1, -0.05) is 12.1 Å². The minimum Gasteiger partial charge on any atom is -0.394 e. The molecule has 1 aromatic carbocycles. The number of nitro benzene ring substituents is 1. The lowest BCUT2D eigenvalue weighted by Gasteiger charge is -2.09. The number of para-hydroxylation sites is 1. The van der Waals surface area contributed by atoms with Crippen molar-refractivity contribution in [2.45, 2.75) is 13.0 Å². The van der Waals surface area contributed by atoms with Gasteiger partial charge in [-0.3, -0.25) is 14.9 Å². The molecular formula is C11H14N2O5. The second-order valence-electron chi connectivity index (χ2n) is 3.77. The SMILES string of the molecule is Cc1cccc(C(=O)NCC(O)CO)c1[N+](=O)[O-]. The molecule has 0 saturated carbocycles. The maximum atomic E-state index is 11.7. The molecule has 98 valence electrons. The molecule has 0 aliphatic rings. The van der Waals surface area contributed by atoms with E-state index in [1.165, 1.54) is 19.1 Å². The molecule has 0 saturated heterocycles. The van der Waals surface area contributed by atoms with Gasteiger partial charge in [-0.15, -0.1) is 0 Å². The van der Waals surface area contributed by atoms with Crippen molar-refractivity contribution in [1.82, 2.24) is 5.32 Å². The lowest BCUT2D eigenvalue weighted by molar-refractivity contribution is -0.385. The number of rotatable bonds is 5. The fraction of sp³-hybridized carbons (Fsp3) is 0.364. The number of aryl methyl sites for hydroxylation is 1. The van der Waals surface area contributed by atoms with Crippen molar-refractivity contribution in [2.75, 3.05) is 13.2 Å². The molecule has 1 aromatic rings. The number of aliphatic hydroxyl groups excluding tert-OH is 2. The Morgan fingerprint density at radius 3 is 2.78 bits per heavy atom. The summed E-state index contributed by atoms with van der Waals surface area (Å²) in [5, 5.41) is 30.9. The molecule has 0 aliphatic heterocycles. The number of carbonyl (C=O) groups excluding carboxylic acids is 1. The zero-order chi connectivity index (χ0) is 13.7. The van der Waals surface area contributed by atoms with E-state index in [0.717, 1.165) is 0 Å². The second kappa shape index (κ2) is 6.08. The summed E-state index contributed by atoms with van der Waals surface area (Å²) < 4.78 is 0. The van der Waals surface area contributed by atoms with E-state index in [9.17, 15) is 14.9 Å². The smallest absolute Gasteiger partial charge is 0.285 e. The van der Waals surface area contributed by atoms with Crippen molar-refractivity contribution in [2.24, 2.45) is 0 Å². The summed E-state index contributed by atoms with van der Waals surface area (Å²) in [5.74, 6) is -0.655. The first kappa shape index (κ1) is 14.1. The number of aliphatic hydroxyl groups is 2. The lowest BCUT2D eigenvalue weighted by atomic mass is 10.1. The Bertz CT molecular complexity index is 461.